The van der Waals surface area contributed by atoms with Crippen LogP contribution in [0, 0.1) is 0 Å². The lowest BCUT2D eigenvalue weighted by Gasteiger charge is -2.07. The van der Waals surface area contributed by atoms with E-state index in [2.05, 4.69) is 9.97 Å². The number of nitrogens with two attached hydrogens (primary N) is 1. The van der Waals surface area contributed by atoms with Crippen LogP contribution in [0.2, 0.25) is 5.02 Å². The number of nitrogen functional groups attached to an aromatic ring is 1. The maximum absolute atomic E-state index is 10.8. The van der Waals surface area contributed by atoms with Crippen molar-refractivity contribution >= 4 is 23.3 Å². The molecule has 7 heteroatoms. The molecule has 0 bridgehead atoms. The molecule has 0 unspecified atom stereocenters. The molecular formula is C11H8ClN3O3. The van der Waals surface area contributed by atoms with Crippen molar-refractivity contribution in [3.8, 4) is 11.6 Å². The predicted molar refractivity (Wildman–Crippen MR) is 64.9 cm³/mol. The van der Waals surface area contributed by atoms with Gasteiger partial charge in [0.1, 0.15) is 5.75 Å². The molecule has 0 radical (unpaired) electrons. The first-order valence-electron chi connectivity index (χ1n) is 4.84. The van der Waals surface area contributed by atoms with E-state index in [9.17, 15) is 4.79 Å². The minimum Gasteiger partial charge on any atom is -0.477 e. The normalized spacial score (nSPS) is 10.1. The van der Waals surface area contributed by atoms with Gasteiger partial charge in [0, 0.05) is 12.3 Å². The van der Waals surface area contributed by atoms with Gasteiger partial charge in [-0.3, -0.25) is 4.98 Å². The minimum absolute atomic E-state index is 0.000957. The molecule has 92 valence electrons. The second-order valence-electron chi connectivity index (χ2n) is 3.34. The first-order valence-corrected chi connectivity index (χ1v) is 5.22. The van der Waals surface area contributed by atoms with Crippen LogP contribution in [0.1, 0.15) is 10.5 Å². The summed E-state index contributed by atoms with van der Waals surface area (Å²) in [6, 6.07) is 4.22. The van der Waals surface area contributed by atoms with Crippen molar-refractivity contribution in [2.45, 2.75) is 0 Å². The Morgan fingerprint density at radius 2 is 2.17 bits per heavy atom. The lowest BCUT2D eigenvalue weighted by Crippen LogP contribution is -2.03. The molecule has 0 aliphatic rings. The topological polar surface area (TPSA) is 98.3 Å². The van der Waals surface area contributed by atoms with Gasteiger partial charge in [0.2, 0.25) is 5.88 Å². The van der Waals surface area contributed by atoms with Gasteiger partial charge in [-0.1, -0.05) is 11.6 Å². The minimum atomic E-state index is -1.16. The predicted octanol–water partition coefficient (Wildman–Crippen LogP) is 2.20. The molecule has 0 spiro atoms. The summed E-state index contributed by atoms with van der Waals surface area (Å²) in [6.45, 7) is 0. The largest absolute Gasteiger partial charge is 0.477 e. The molecule has 0 amide bonds. The second-order valence-corrected chi connectivity index (χ2v) is 3.77. The third-order valence-electron chi connectivity index (χ3n) is 2.00. The quantitative estimate of drug-likeness (QED) is 0.883. The summed E-state index contributed by atoms with van der Waals surface area (Å²) in [7, 11) is 0. The van der Waals surface area contributed by atoms with Crippen LogP contribution in [-0.2, 0) is 0 Å². The van der Waals surface area contributed by atoms with Crippen LogP contribution in [0.15, 0.2) is 30.6 Å². The summed E-state index contributed by atoms with van der Waals surface area (Å²) in [4.78, 5) is 18.4. The number of carboxylic acid groups (broad SMARTS) is 1. The van der Waals surface area contributed by atoms with Crippen molar-refractivity contribution in [1.29, 1.82) is 0 Å². The first-order chi connectivity index (χ1) is 8.56. The summed E-state index contributed by atoms with van der Waals surface area (Å²) in [6.07, 6.45) is 2.86. The number of carbonyl (C=O) groups is 1. The zero-order valence-electron chi connectivity index (χ0n) is 9.00. The van der Waals surface area contributed by atoms with Crippen molar-refractivity contribution in [2.24, 2.45) is 0 Å². The number of nitrogens with zero attached hydrogens (tertiary/aromatic N) is 2. The number of halogens is 1. The van der Waals surface area contributed by atoms with Crippen molar-refractivity contribution in [3.63, 3.8) is 0 Å². The highest BCUT2D eigenvalue weighted by atomic mass is 35.5. The third kappa shape index (κ3) is 2.67. The fourth-order valence-corrected chi connectivity index (χ4v) is 1.38. The van der Waals surface area contributed by atoms with Crippen LogP contribution < -0.4 is 10.5 Å². The summed E-state index contributed by atoms with van der Waals surface area (Å²) >= 11 is 5.74. The van der Waals surface area contributed by atoms with Gasteiger partial charge in [-0.2, -0.15) is 0 Å². The van der Waals surface area contributed by atoms with E-state index in [1.807, 2.05) is 0 Å². The Hall–Kier alpha value is -2.34. The van der Waals surface area contributed by atoms with Crippen LogP contribution in [0.4, 0.5) is 5.69 Å². The van der Waals surface area contributed by atoms with Crippen LogP contribution in [0.5, 0.6) is 11.6 Å². The number of hydrogen-bond donors (Lipinski definition) is 2. The highest BCUT2D eigenvalue weighted by Crippen LogP contribution is 2.26. The van der Waals surface area contributed by atoms with E-state index in [4.69, 9.17) is 27.2 Å². The zero-order chi connectivity index (χ0) is 13.1. The lowest BCUT2D eigenvalue weighted by molar-refractivity contribution is 0.0689. The van der Waals surface area contributed by atoms with Gasteiger partial charge in [-0.25, -0.2) is 9.78 Å². The maximum atomic E-state index is 10.8. The molecule has 0 aromatic carbocycles. The Morgan fingerprint density at radius 1 is 1.39 bits per heavy atom. The summed E-state index contributed by atoms with van der Waals surface area (Å²) in [5.74, 6) is -0.840. The zero-order valence-corrected chi connectivity index (χ0v) is 9.76. The average molecular weight is 266 g/mol. The Labute approximate surface area is 107 Å². The van der Waals surface area contributed by atoms with E-state index in [-0.39, 0.29) is 17.3 Å². The number of rotatable bonds is 3. The van der Waals surface area contributed by atoms with Gasteiger partial charge < -0.3 is 15.6 Å². The summed E-state index contributed by atoms with van der Waals surface area (Å²) < 4.78 is 5.33. The summed E-state index contributed by atoms with van der Waals surface area (Å²) in [5.41, 5.74) is 5.71. The Kier molecular flexibility index (Phi) is 3.29. The average Bonchev–Trinajstić information content (AvgIpc) is 2.31. The third-order valence-corrected chi connectivity index (χ3v) is 2.21. The molecule has 0 aliphatic carbocycles. The van der Waals surface area contributed by atoms with E-state index in [0.29, 0.717) is 10.8 Å². The Balaban J connectivity index is 2.33. The van der Waals surface area contributed by atoms with Gasteiger partial charge in [0.25, 0.3) is 0 Å². The smallest absolute Gasteiger partial charge is 0.354 e. The number of ether oxygens (including phenoxy) is 1. The second kappa shape index (κ2) is 4.89. The van der Waals surface area contributed by atoms with Crippen molar-refractivity contribution < 1.29 is 14.6 Å². The molecule has 2 aromatic rings. The molecule has 0 saturated carbocycles. The van der Waals surface area contributed by atoms with Gasteiger partial charge in [-0.15, -0.1) is 0 Å². The number of anilines is 1. The van der Waals surface area contributed by atoms with Crippen molar-refractivity contribution in [3.05, 3.63) is 41.3 Å². The summed E-state index contributed by atoms with van der Waals surface area (Å²) in [5, 5.41) is 9.21. The van der Waals surface area contributed by atoms with E-state index in [0.717, 1.165) is 0 Å². The van der Waals surface area contributed by atoms with Crippen LogP contribution in [0.25, 0.3) is 0 Å². The van der Waals surface area contributed by atoms with Gasteiger partial charge >= 0.3 is 5.97 Å². The molecule has 3 N–H and O–H groups in total. The van der Waals surface area contributed by atoms with Gasteiger partial charge in [0.05, 0.1) is 16.9 Å². The molecule has 0 aliphatic heterocycles. The van der Waals surface area contributed by atoms with E-state index < -0.39 is 5.97 Å². The van der Waals surface area contributed by atoms with E-state index in [1.165, 1.54) is 30.6 Å². The fraction of sp³-hybridized carbons (Fsp3) is 0. The number of aromatic nitrogens is 2. The molecule has 18 heavy (non-hydrogen) atoms. The van der Waals surface area contributed by atoms with Gasteiger partial charge in [0.15, 0.2) is 5.69 Å². The Bertz CT molecular complexity index is 604. The molecular weight excluding hydrogens is 258 g/mol. The van der Waals surface area contributed by atoms with Crippen LogP contribution >= 0.6 is 11.6 Å². The molecule has 0 saturated heterocycles. The van der Waals surface area contributed by atoms with E-state index >= 15 is 0 Å². The van der Waals surface area contributed by atoms with Gasteiger partial charge in [-0.05, 0) is 12.1 Å². The molecule has 2 heterocycles. The lowest BCUT2D eigenvalue weighted by atomic mass is 10.3. The van der Waals surface area contributed by atoms with Crippen LogP contribution in [0.3, 0.4) is 0 Å². The number of carboxylic acids is 1. The molecule has 6 nitrogen and oxygen atoms in total. The highest BCUT2D eigenvalue weighted by Gasteiger charge is 2.10. The van der Waals surface area contributed by atoms with Crippen molar-refractivity contribution in [2.75, 3.05) is 5.73 Å². The SMILES string of the molecule is Nc1ccc(C(=O)O)nc1Oc1cncc(Cl)c1. The van der Waals surface area contributed by atoms with Crippen molar-refractivity contribution in [1.82, 2.24) is 9.97 Å². The molecule has 0 fully saturated rings. The highest BCUT2D eigenvalue weighted by molar-refractivity contribution is 6.30. The first kappa shape index (κ1) is 12.1. The molecule has 0 atom stereocenters. The number of pyridine rings is 2. The number of hydrogen-bond acceptors (Lipinski definition) is 5. The molecule has 2 rings (SSSR count). The maximum Gasteiger partial charge on any atom is 0.354 e. The Morgan fingerprint density at radius 3 is 2.83 bits per heavy atom. The fourth-order valence-electron chi connectivity index (χ4n) is 1.21. The standard InChI is InChI=1S/C11H8ClN3O3/c12-6-3-7(5-14-4-6)18-10-8(13)1-2-9(15-10)11(16)17/h1-5H,13H2,(H,16,17). The van der Waals surface area contributed by atoms with Crippen LogP contribution in [-0.4, -0.2) is 21.0 Å². The molecule has 2 aromatic heterocycles. The monoisotopic (exact) mass is 265 g/mol. The number of aromatic carboxylic acids is 1. The van der Waals surface area contributed by atoms with E-state index in [1.54, 1.807) is 0 Å².